The maximum absolute atomic E-state index is 12.5. The zero-order valence-corrected chi connectivity index (χ0v) is 20.0. The predicted octanol–water partition coefficient (Wildman–Crippen LogP) is 2.32. The number of benzene rings is 2. The van der Waals surface area contributed by atoms with Crippen LogP contribution in [-0.4, -0.2) is 48.1 Å². The number of carboxylic acids is 1. The van der Waals surface area contributed by atoms with Crippen LogP contribution < -0.4 is 21.7 Å². The summed E-state index contributed by atoms with van der Waals surface area (Å²) in [5, 5.41) is 11.9. The van der Waals surface area contributed by atoms with Gasteiger partial charge in [-0.1, -0.05) is 36.4 Å². The minimum Gasteiger partial charge on any atom is -0.480 e. The van der Waals surface area contributed by atoms with Gasteiger partial charge in [-0.15, -0.1) is 0 Å². The topological polar surface area (TPSA) is 147 Å². The van der Waals surface area contributed by atoms with E-state index < -0.39 is 17.9 Å². The summed E-state index contributed by atoms with van der Waals surface area (Å²) < 4.78 is 0. The van der Waals surface area contributed by atoms with Gasteiger partial charge in [0.15, 0.2) is 5.96 Å². The Hall–Kier alpha value is -4.24. The first kappa shape index (κ1) is 25.4. The number of pyridine rings is 1. The van der Waals surface area contributed by atoms with Crippen LogP contribution in [-0.2, 0) is 17.8 Å². The summed E-state index contributed by atoms with van der Waals surface area (Å²) in [6, 6.07) is 15.4. The number of aliphatic carboxylic acids is 1. The molecule has 0 fully saturated rings. The summed E-state index contributed by atoms with van der Waals surface area (Å²) in [5.41, 5.74) is 16.7. The molecule has 1 heterocycles. The molecule has 0 saturated heterocycles. The van der Waals surface area contributed by atoms with E-state index in [2.05, 4.69) is 15.3 Å². The zero-order chi connectivity index (χ0) is 25.5. The molecule has 182 valence electrons. The molecule has 9 nitrogen and oxygen atoms in total. The van der Waals surface area contributed by atoms with Gasteiger partial charge in [-0.05, 0) is 53.8 Å². The number of rotatable bonds is 8. The van der Waals surface area contributed by atoms with E-state index in [-0.39, 0.29) is 12.4 Å². The van der Waals surface area contributed by atoms with Crippen molar-refractivity contribution in [3.63, 3.8) is 0 Å². The van der Waals surface area contributed by atoms with E-state index in [4.69, 9.17) is 16.6 Å². The Morgan fingerprint density at radius 1 is 1.11 bits per heavy atom. The van der Waals surface area contributed by atoms with Gasteiger partial charge in [0.25, 0.3) is 5.91 Å². The molecule has 0 radical (unpaired) electrons. The van der Waals surface area contributed by atoms with Gasteiger partial charge in [0, 0.05) is 38.0 Å². The van der Waals surface area contributed by atoms with Gasteiger partial charge in [-0.2, -0.15) is 4.99 Å². The average Bonchev–Trinajstić information content (AvgIpc) is 2.83. The van der Waals surface area contributed by atoms with Crippen molar-refractivity contribution in [2.45, 2.75) is 25.9 Å². The van der Waals surface area contributed by atoms with Crippen LogP contribution in [0.15, 0.2) is 65.8 Å². The first-order valence-corrected chi connectivity index (χ1v) is 11.1. The molecule has 1 atom stereocenters. The van der Waals surface area contributed by atoms with Gasteiger partial charge in [0.2, 0.25) is 0 Å². The smallest absolute Gasteiger partial charge is 0.320 e. The van der Waals surface area contributed by atoms with Gasteiger partial charge < -0.3 is 26.8 Å². The number of carboxylic acid groups (broad SMARTS) is 1. The van der Waals surface area contributed by atoms with Crippen molar-refractivity contribution in [1.29, 1.82) is 0 Å². The summed E-state index contributed by atoms with van der Waals surface area (Å²) in [6.45, 7) is 2.42. The van der Waals surface area contributed by atoms with Crippen molar-refractivity contribution in [2.24, 2.45) is 16.5 Å². The van der Waals surface area contributed by atoms with E-state index >= 15 is 0 Å². The van der Waals surface area contributed by atoms with Crippen molar-refractivity contribution < 1.29 is 14.7 Å². The monoisotopic (exact) mass is 474 g/mol. The van der Waals surface area contributed by atoms with Crippen LogP contribution in [0, 0.1) is 6.92 Å². The normalized spacial score (nSPS) is 12.2. The van der Waals surface area contributed by atoms with Crippen molar-refractivity contribution >= 4 is 23.7 Å². The first-order chi connectivity index (χ1) is 16.7. The maximum atomic E-state index is 12.5. The fourth-order valence-electron chi connectivity index (χ4n) is 3.53. The molecule has 0 aliphatic carbocycles. The Morgan fingerprint density at radius 2 is 1.80 bits per heavy atom. The molecule has 6 N–H and O–H groups in total. The molecule has 3 aromatic rings. The average molecular weight is 475 g/mol. The number of hydrogen-bond acceptors (Lipinski definition) is 5. The lowest BCUT2D eigenvalue weighted by molar-refractivity contribution is -0.138. The number of anilines is 1. The number of aromatic nitrogens is 1. The number of nitrogens with one attached hydrogen (secondary N) is 1. The lowest BCUT2D eigenvalue weighted by Crippen LogP contribution is -2.32. The first-order valence-electron chi connectivity index (χ1n) is 11.1. The van der Waals surface area contributed by atoms with Crippen LogP contribution in [0.1, 0.15) is 27.0 Å². The lowest BCUT2D eigenvalue weighted by atomic mass is 9.97. The molecular weight excluding hydrogens is 444 g/mol. The Kier molecular flexibility index (Phi) is 8.17. The van der Waals surface area contributed by atoms with E-state index in [0.717, 1.165) is 28.1 Å². The van der Waals surface area contributed by atoms with Crippen molar-refractivity contribution in [1.82, 2.24) is 10.3 Å². The predicted molar refractivity (Wildman–Crippen MR) is 137 cm³/mol. The number of nitrogens with zero attached hydrogens (tertiary/aromatic N) is 3. The number of guanidine groups is 1. The number of nitrogens with two attached hydrogens (primary N) is 2. The van der Waals surface area contributed by atoms with Gasteiger partial charge in [0.05, 0.1) is 0 Å². The second-order valence-electron chi connectivity index (χ2n) is 8.41. The van der Waals surface area contributed by atoms with Crippen LogP contribution in [0.5, 0.6) is 0 Å². The standard InChI is InChI=1S/C26H30N6O3/c1-16-12-23(32(2)3)29-15-21(16)20-7-5-4-6-19(20)14-30-26(28)31-24(33)18-10-8-17(9-11-18)13-22(27)25(34)35/h4-12,15,22H,13-14,27H2,1-3H3,(H,34,35)(H3,28,30,31,33)/t22-/m0/s1. The van der Waals surface area contributed by atoms with Crippen LogP contribution in [0.25, 0.3) is 11.1 Å². The van der Waals surface area contributed by atoms with E-state index in [0.29, 0.717) is 17.7 Å². The highest BCUT2D eigenvalue weighted by Gasteiger charge is 2.13. The fraction of sp³-hybridized carbons (Fsp3) is 0.231. The third-order valence-corrected chi connectivity index (χ3v) is 5.52. The van der Waals surface area contributed by atoms with E-state index in [1.807, 2.05) is 62.4 Å². The van der Waals surface area contributed by atoms with Crippen molar-refractivity contribution in [3.8, 4) is 11.1 Å². The zero-order valence-electron chi connectivity index (χ0n) is 20.0. The summed E-state index contributed by atoms with van der Waals surface area (Å²) in [5.74, 6) is -0.696. The Bertz CT molecular complexity index is 1240. The molecule has 0 aliphatic rings. The molecule has 1 amide bonds. The molecule has 0 bridgehead atoms. The highest BCUT2D eigenvalue weighted by atomic mass is 16.4. The minimum absolute atomic E-state index is 0.000387. The molecule has 3 rings (SSSR count). The van der Waals surface area contributed by atoms with Gasteiger partial charge >= 0.3 is 5.97 Å². The molecular formula is C26H30N6O3. The number of carbonyl (C=O) groups excluding carboxylic acids is 1. The van der Waals surface area contributed by atoms with Crippen molar-refractivity contribution in [3.05, 3.63) is 83.0 Å². The second kappa shape index (κ2) is 11.3. The quantitative estimate of drug-likeness (QED) is 0.287. The molecule has 0 unspecified atom stereocenters. The Labute approximate surface area is 204 Å². The fourth-order valence-corrected chi connectivity index (χ4v) is 3.53. The number of amides is 1. The third kappa shape index (κ3) is 6.64. The van der Waals surface area contributed by atoms with Crippen LogP contribution in [0.4, 0.5) is 5.82 Å². The van der Waals surface area contributed by atoms with E-state index in [1.54, 1.807) is 24.3 Å². The lowest BCUT2D eigenvalue weighted by Gasteiger charge is -2.16. The summed E-state index contributed by atoms with van der Waals surface area (Å²) in [7, 11) is 3.90. The maximum Gasteiger partial charge on any atom is 0.320 e. The molecule has 1 aromatic heterocycles. The summed E-state index contributed by atoms with van der Waals surface area (Å²) in [4.78, 5) is 33.8. The minimum atomic E-state index is -1.08. The number of hydrogen-bond donors (Lipinski definition) is 4. The van der Waals surface area contributed by atoms with Crippen LogP contribution in [0.2, 0.25) is 0 Å². The van der Waals surface area contributed by atoms with Gasteiger partial charge in [-0.25, -0.2) is 4.98 Å². The number of carbonyl (C=O) groups is 2. The summed E-state index contributed by atoms with van der Waals surface area (Å²) >= 11 is 0. The Balaban J connectivity index is 1.69. The van der Waals surface area contributed by atoms with E-state index in [9.17, 15) is 9.59 Å². The molecule has 9 heteroatoms. The third-order valence-electron chi connectivity index (χ3n) is 5.52. The van der Waals surface area contributed by atoms with Gasteiger partial charge in [-0.3, -0.25) is 9.59 Å². The molecule has 0 spiro atoms. The number of aliphatic imine (C=N–C) groups is 1. The Morgan fingerprint density at radius 3 is 2.43 bits per heavy atom. The second-order valence-corrected chi connectivity index (χ2v) is 8.41. The number of aryl methyl sites for hydroxylation is 1. The van der Waals surface area contributed by atoms with Crippen LogP contribution >= 0.6 is 0 Å². The molecule has 35 heavy (non-hydrogen) atoms. The molecule has 0 aliphatic heterocycles. The van der Waals surface area contributed by atoms with E-state index in [1.165, 1.54) is 0 Å². The largest absolute Gasteiger partial charge is 0.480 e. The highest BCUT2D eigenvalue weighted by Crippen LogP contribution is 2.28. The SMILES string of the molecule is Cc1cc(N(C)C)ncc1-c1ccccc1CN/C(N)=N/C(=O)c1ccc(C[C@H](N)C(=O)O)cc1. The van der Waals surface area contributed by atoms with Crippen molar-refractivity contribution in [2.75, 3.05) is 19.0 Å². The summed E-state index contributed by atoms with van der Waals surface area (Å²) in [6.07, 6.45) is 2.03. The highest BCUT2D eigenvalue weighted by molar-refractivity contribution is 6.02. The molecule has 0 saturated carbocycles. The van der Waals surface area contributed by atoms with Crippen LogP contribution in [0.3, 0.4) is 0 Å². The molecule has 2 aromatic carbocycles. The van der Waals surface area contributed by atoms with Gasteiger partial charge in [0.1, 0.15) is 11.9 Å².